The fourth-order valence-corrected chi connectivity index (χ4v) is 3.97. The van der Waals surface area contributed by atoms with Crippen LogP contribution in [0.3, 0.4) is 0 Å². The molecular weight excluding hydrogens is 564 g/mol. The van der Waals surface area contributed by atoms with E-state index in [1.54, 1.807) is 0 Å². The van der Waals surface area contributed by atoms with E-state index in [0.717, 1.165) is 15.5 Å². The van der Waals surface area contributed by atoms with Crippen LogP contribution in [0.2, 0.25) is 0 Å². The number of alkyl halides is 4. The molecule has 4 aromatic heterocycles. The van der Waals surface area contributed by atoms with Gasteiger partial charge in [-0.25, -0.2) is 37.1 Å². The molecule has 0 N–H and O–H groups in total. The summed E-state index contributed by atoms with van der Waals surface area (Å²) in [5, 5.41) is 0. The zero-order chi connectivity index (χ0) is 41.0. The zero-order valence-corrected chi connectivity index (χ0v) is 23.0. The minimum atomic E-state index is -3.60. The number of fused-ring (bicyclic) bond motifs is 2. The third kappa shape index (κ3) is 7.26. The van der Waals surface area contributed by atoms with Crippen LogP contribution in [0.15, 0.2) is 31.8 Å². The number of aryl methyl sites for hydroxylation is 4. The largest absolute Gasteiger partial charge is 0.332 e. The zero-order valence-electron chi connectivity index (χ0n) is 34.0. The lowest BCUT2D eigenvalue weighted by molar-refractivity contribution is 0.00943. The van der Waals surface area contributed by atoms with Gasteiger partial charge in [0.15, 0.2) is 22.3 Å². The fraction of sp³-hybridized carbons (Fsp3) is 0.615. The number of hydrogen-bond donors (Lipinski definition) is 0. The van der Waals surface area contributed by atoms with Gasteiger partial charge in [-0.3, -0.25) is 27.9 Å². The summed E-state index contributed by atoms with van der Waals surface area (Å²) in [6, 6.07) is 0. The molecule has 0 atom stereocenters. The molecule has 0 amide bonds. The average Bonchev–Trinajstić information content (AvgIpc) is 3.60. The highest BCUT2D eigenvalue weighted by atomic mass is 19.3. The van der Waals surface area contributed by atoms with Gasteiger partial charge in [0.25, 0.3) is 11.1 Å². The summed E-state index contributed by atoms with van der Waals surface area (Å²) in [4.78, 5) is 57.3. The van der Waals surface area contributed by atoms with Crippen LogP contribution in [0.5, 0.6) is 0 Å². The molecule has 4 aromatic rings. The molecule has 0 fully saturated rings. The second-order valence-electron chi connectivity index (χ2n) is 9.44. The van der Waals surface area contributed by atoms with Crippen molar-refractivity contribution in [2.45, 2.75) is 77.2 Å². The van der Waals surface area contributed by atoms with Gasteiger partial charge in [0.05, 0.1) is 12.6 Å². The lowest BCUT2D eigenvalue weighted by Crippen LogP contribution is -2.39. The summed E-state index contributed by atoms with van der Waals surface area (Å²) >= 11 is 0. The van der Waals surface area contributed by atoms with Crippen LogP contribution in [0.1, 0.15) is 67.4 Å². The van der Waals surface area contributed by atoms with Crippen LogP contribution in [0.25, 0.3) is 22.3 Å². The number of aromatic nitrogens is 8. The maximum atomic E-state index is 13.2. The molecule has 4 rings (SSSR count). The van der Waals surface area contributed by atoms with E-state index in [-0.39, 0.29) is 36.2 Å². The molecule has 0 aliphatic rings. The Morgan fingerprint density at radius 2 is 1.19 bits per heavy atom. The molecule has 0 saturated carbocycles. The number of rotatable bonds is 10. The molecular formula is C26H36F4N8O4. The first-order valence-electron chi connectivity index (χ1n) is 17.9. The summed E-state index contributed by atoms with van der Waals surface area (Å²) in [6.45, 7) is -5.40. The minimum Gasteiger partial charge on any atom is -0.328 e. The quantitative estimate of drug-likeness (QED) is 0.254. The maximum absolute atomic E-state index is 13.2. The van der Waals surface area contributed by atoms with E-state index in [9.17, 15) is 36.7 Å². The molecule has 0 radical (unpaired) electrons. The Hall–Kier alpha value is -3.98. The molecule has 16 heteroatoms. The van der Waals surface area contributed by atoms with Gasteiger partial charge in [0.2, 0.25) is 11.8 Å². The van der Waals surface area contributed by atoms with E-state index in [1.807, 2.05) is 0 Å². The third-order valence-electron chi connectivity index (χ3n) is 5.99. The second kappa shape index (κ2) is 12.5. The van der Waals surface area contributed by atoms with Crippen LogP contribution >= 0.6 is 0 Å². The van der Waals surface area contributed by atoms with Crippen LogP contribution in [0.4, 0.5) is 17.6 Å². The summed E-state index contributed by atoms with van der Waals surface area (Å²) in [6.07, 6.45) is -7.09. The molecule has 0 spiro atoms. The molecule has 0 aliphatic carbocycles. The summed E-state index contributed by atoms with van der Waals surface area (Å²) in [7, 11) is 2.54. The fourth-order valence-electron chi connectivity index (χ4n) is 3.97. The van der Waals surface area contributed by atoms with Gasteiger partial charge in [0.1, 0.15) is 1.37 Å². The van der Waals surface area contributed by atoms with Crippen molar-refractivity contribution in [3.05, 3.63) is 54.3 Å². The van der Waals surface area contributed by atoms with Crippen molar-refractivity contribution >= 4 is 22.3 Å². The van der Waals surface area contributed by atoms with Gasteiger partial charge >= 0.3 is 11.4 Å². The molecule has 4 heterocycles. The molecule has 42 heavy (non-hydrogen) atoms. The van der Waals surface area contributed by atoms with Crippen molar-refractivity contribution in [3.8, 4) is 0 Å². The van der Waals surface area contributed by atoms with Crippen molar-refractivity contribution in [3.63, 3.8) is 0 Å². The van der Waals surface area contributed by atoms with E-state index >= 15 is 0 Å². The minimum absolute atomic E-state index is 0.109. The predicted octanol–water partition coefficient (Wildman–Crippen LogP) is 2.52. The summed E-state index contributed by atoms with van der Waals surface area (Å²) < 4.78 is 139. The highest BCUT2D eigenvalue weighted by Crippen LogP contribution is 2.20. The van der Waals surface area contributed by atoms with Crippen molar-refractivity contribution < 1.29 is 32.6 Å². The monoisotopic (exact) mass is 611 g/mol. The van der Waals surface area contributed by atoms with Gasteiger partial charge in [-0.2, -0.15) is 0 Å². The Labute approximate surface area is 252 Å². The number of imidazole rings is 2. The Balaban J connectivity index is 0.000000286. The van der Waals surface area contributed by atoms with E-state index in [1.165, 1.54) is 14.1 Å². The smallest absolute Gasteiger partial charge is 0.328 e. The molecule has 0 aromatic carbocycles. The van der Waals surface area contributed by atoms with Gasteiger partial charge in [-0.15, -0.1) is 0 Å². The van der Waals surface area contributed by atoms with Crippen molar-refractivity contribution in [1.29, 1.82) is 0 Å². The van der Waals surface area contributed by atoms with Crippen LogP contribution in [-0.2, 0) is 41.1 Å². The third-order valence-corrected chi connectivity index (χ3v) is 5.99. The second-order valence-corrected chi connectivity index (χ2v) is 9.44. The standard InChI is InChI=1S/2C13H18F2N4O2/c2*1-13(14,15)6-4-5-7-19-11(20)9-10(16-8-17(9)2)18(3)12(19)21/h2*8H,4-7H2,1-3H3/i2D3,6D2,8D;2D3,6D2. The van der Waals surface area contributed by atoms with Gasteiger partial charge in [-0.1, -0.05) is 0 Å². The van der Waals surface area contributed by atoms with Crippen molar-refractivity contribution in [2.24, 2.45) is 28.0 Å². The first-order chi connectivity index (χ1) is 23.8. The molecule has 0 unspecified atom stereocenters. The lowest BCUT2D eigenvalue weighted by Gasteiger charge is -2.11. The molecule has 0 aliphatic heterocycles. The molecule has 0 bridgehead atoms. The van der Waals surface area contributed by atoms with E-state index < -0.39 is 92.2 Å². The molecule has 232 valence electrons. The Kier molecular flexibility index (Phi) is 5.95. The molecule has 0 saturated heterocycles. The van der Waals surface area contributed by atoms with Crippen LogP contribution in [-0.4, -0.2) is 49.2 Å². The highest BCUT2D eigenvalue weighted by molar-refractivity contribution is 5.70. The van der Waals surface area contributed by atoms with Crippen molar-refractivity contribution in [2.75, 3.05) is 0 Å². The number of hydrogen-bond acceptors (Lipinski definition) is 6. The number of halogens is 4. The SMILES string of the molecule is [2H]C([2H])([2H])n1cnc2c1c(=O)n(CCCC([2H])([2H])C(C)(F)F)c(=O)n2C.[2H]c1nc2c(c(=O)n(CCCC([2H])([2H])C(C)(F)F)c(=O)n2C)n1C([2H])([2H])[2H]. The maximum Gasteiger partial charge on any atom is 0.332 e. The van der Waals surface area contributed by atoms with Crippen LogP contribution < -0.4 is 22.5 Å². The lowest BCUT2D eigenvalue weighted by atomic mass is 10.1. The van der Waals surface area contributed by atoms with E-state index in [4.69, 9.17) is 15.1 Å². The Bertz CT molecular complexity index is 2240. The molecule has 12 nitrogen and oxygen atoms in total. The first-order valence-corrected chi connectivity index (χ1v) is 12.4. The summed E-state index contributed by atoms with van der Waals surface area (Å²) in [5.74, 6) is -7.18. The van der Waals surface area contributed by atoms with Gasteiger partial charge in [-0.05, 0) is 39.5 Å². The van der Waals surface area contributed by atoms with E-state index in [2.05, 4.69) is 9.97 Å². The first kappa shape index (κ1) is 20.0. The van der Waals surface area contributed by atoms with Gasteiger partial charge < -0.3 is 9.13 Å². The predicted molar refractivity (Wildman–Crippen MR) is 149 cm³/mol. The summed E-state index contributed by atoms with van der Waals surface area (Å²) in [5.41, 5.74) is -4.78. The number of nitrogens with zero attached hydrogens (tertiary/aromatic N) is 8. The Morgan fingerprint density at radius 3 is 1.62 bits per heavy atom. The van der Waals surface area contributed by atoms with E-state index in [0.29, 0.717) is 32.1 Å². The average molecular weight is 612 g/mol. The topological polar surface area (TPSA) is 124 Å². The van der Waals surface area contributed by atoms with Gasteiger partial charge in [0, 0.05) is 67.6 Å². The normalized spacial score (nSPS) is 17.4. The Morgan fingerprint density at radius 1 is 0.762 bits per heavy atom. The van der Waals surface area contributed by atoms with Crippen molar-refractivity contribution in [1.82, 2.24) is 37.4 Å². The highest BCUT2D eigenvalue weighted by Gasteiger charge is 2.21. The van der Waals surface area contributed by atoms with Crippen LogP contribution in [0, 0.1) is 0 Å².